The number of pyridine rings is 1. The van der Waals surface area contributed by atoms with E-state index in [-0.39, 0.29) is 5.91 Å². The number of carbonyl (C=O) groups is 1. The fourth-order valence-electron chi connectivity index (χ4n) is 4.11. The van der Waals surface area contributed by atoms with E-state index < -0.39 is 0 Å². The molecule has 0 spiro atoms. The van der Waals surface area contributed by atoms with Gasteiger partial charge in [-0.25, -0.2) is 0 Å². The number of anilines is 1. The molecule has 1 unspecified atom stereocenters. The molecular formula is C26H30N4O2. The number of carbonyl (C=O) groups excluding carboxylic acids is 1. The van der Waals surface area contributed by atoms with Crippen molar-refractivity contribution >= 4 is 22.5 Å². The van der Waals surface area contributed by atoms with Gasteiger partial charge in [0, 0.05) is 42.0 Å². The topological polar surface area (TPSA) is 75.3 Å². The highest BCUT2D eigenvalue weighted by Gasteiger charge is 2.22. The third-order valence-corrected chi connectivity index (χ3v) is 6.37. The van der Waals surface area contributed by atoms with E-state index in [9.17, 15) is 4.79 Å². The van der Waals surface area contributed by atoms with Gasteiger partial charge in [-0.2, -0.15) is 0 Å². The van der Waals surface area contributed by atoms with Crippen LogP contribution in [0.2, 0.25) is 0 Å². The van der Waals surface area contributed by atoms with Crippen LogP contribution >= 0.6 is 0 Å². The van der Waals surface area contributed by atoms with E-state index in [4.69, 9.17) is 9.72 Å². The second kappa shape index (κ2) is 9.27. The minimum atomic E-state index is -0.132. The van der Waals surface area contributed by atoms with E-state index in [0.29, 0.717) is 17.5 Å². The van der Waals surface area contributed by atoms with E-state index in [1.807, 2.05) is 49.5 Å². The molecule has 0 radical (unpaired) electrons. The van der Waals surface area contributed by atoms with Gasteiger partial charge in [-0.1, -0.05) is 6.07 Å². The monoisotopic (exact) mass is 430 g/mol. The van der Waals surface area contributed by atoms with Crippen LogP contribution in [0.3, 0.4) is 0 Å². The van der Waals surface area contributed by atoms with Gasteiger partial charge in [-0.3, -0.25) is 9.78 Å². The summed E-state index contributed by atoms with van der Waals surface area (Å²) in [6.45, 7) is 5.69. The molecule has 2 fully saturated rings. The fourth-order valence-corrected chi connectivity index (χ4v) is 4.11. The Labute approximate surface area is 188 Å². The first kappa shape index (κ1) is 20.9. The standard InChI is InChI=1S/C26H30N4O2/c1-17-24(30-26(31)20-4-7-23(8-5-20)32-16-18-2-3-18)9-6-21-12-19(14-29-25(17)21)13-28-22-10-11-27-15-22/h4-9,12,14,18,22,27-28H,2-3,10-11,13,15-16H2,1H3,(H,30,31). The zero-order valence-corrected chi connectivity index (χ0v) is 18.5. The molecule has 1 saturated carbocycles. The zero-order valence-electron chi connectivity index (χ0n) is 18.5. The van der Waals surface area contributed by atoms with Crippen molar-refractivity contribution in [3.05, 3.63) is 65.4 Å². The minimum absolute atomic E-state index is 0.132. The smallest absolute Gasteiger partial charge is 0.255 e. The Morgan fingerprint density at radius 2 is 2.00 bits per heavy atom. The number of ether oxygens (including phenoxy) is 1. The van der Waals surface area contributed by atoms with Crippen LogP contribution in [0, 0.1) is 12.8 Å². The molecule has 2 aromatic carbocycles. The van der Waals surface area contributed by atoms with Crippen LogP contribution in [-0.4, -0.2) is 36.6 Å². The highest BCUT2D eigenvalue weighted by Crippen LogP contribution is 2.30. The van der Waals surface area contributed by atoms with E-state index in [0.717, 1.165) is 54.1 Å². The van der Waals surface area contributed by atoms with Gasteiger partial charge in [0.1, 0.15) is 5.75 Å². The van der Waals surface area contributed by atoms with Crippen molar-refractivity contribution in [1.29, 1.82) is 0 Å². The van der Waals surface area contributed by atoms with Gasteiger partial charge in [-0.15, -0.1) is 0 Å². The Morgan fingerprint density at radius 3 is 2.75 bits per heavy atom. The van der Waals surface area contributed by atoms with Crippen molar-refractivity contribution in [1.82, 2.24) is 15.6 Å². The zero-order chi connectivity index (χ0) is 21.9. The Hall–Kier alpha value is -2.96. The van der Waals surface area contributed by atoms with Crippen molar-refractivity contribution in [3.63, 3.8) is 0 Å². The summed E-state index contributed by atoms with van der Waals surface area (Å²) in [4.78, 5) is 17.5. The largest absolute Gasteiger partial charge is 0.493 e. The van der Waals surface area contributed by atoms with Crippen LogP contribution in [0.5, 0.6) is 5.75 Å². The molecule has 1 amide bonds. The number of fused-ring (bicyclic) bond motifs is 1. The Balaban J connectivity index is 1.24. The van der Waals surface area contributed by atoms with Gasteiger partial charge in [0.25, 0.3) is 5.91 Å². The molecular weight excluding hydrogens is 400 g/mol. The second-order valence-corrected chi connectivity index (χ2v) is 8.96. The predicted octanol–water partition coefficient (Wildman–Crippen LogP) is 4.04. The van der Waals surface area contributed by atoms with Gasteiger partial charge >= 0.3 is 0 Å². The molecule has 32 heavy (non-hydrogen) atoms. The predicted molar refractivity (Wildman–Crippen MR) is 127 cm³/mol. The number of benzene rings is 2. The Bertz CT molecular complexity index is 1100. The molecule has 2 aliphatic rings. The fraction of sp³-hybridized carbons (Fsp3) is 0.385. The number of aromatic nitrogens is 1. The summed E-state index contributed by atoms with van der Waals surface area (Å²) in [5.41, 5.74) is 4.45. The molecule has 0 bridgehead atoms. The van der Waals surface area contributed by atoms with Gasteiger partial charge in [-0.05, 0) is 86.2 Å². The molecule has 2 heterocycles. The van der Waals surface area contributed by atoms with Gasteiger partial charge < -0.3 is 20.7 Å². The molecule has 1 atom stereocenters. The summed E-state index contributed by atoms with van der Waals surface area (Å²) in [5, 5.41) is 11.1. The summed E-state index contributed by atoms with van der Waals surface area (Å²) >= 11 is 0. The van der Waals surface area contributed by atoms with Crippen LogP contribution in [0.1, 0.15) is 40.7 Å². The van der Waals surface area contributed by atoms with E-state index in [1.54, 1.807) is 0 Å². The van der Waals surface area contributed by atoms with Crippen LogP contribution < -0.4 is 20.7 Å². The molecule has 3 N–H and O–H groups in total. The van der Waals surface area contributed by atoms with Crippen LogP contribution in [0.15, 0.2) is 48.7 Å². The molecule has 166 valence electrons. The average molecular weight is 431 g/mol. The minimum Gasteiger partial charge on any atom is -0.493 e. The molecule has 1 aromatic heterocycles. The molecule has 5 rings (SSSR count). The second-order valence-electron chi connectivity index (χ2n) is 8.96. The van der Waals surface area contributed by atoms with Gasteiger partial charge in [0.05, 0.1) is 12.1 Å². The number of nitrogens with one attached hydrogen (secondary N) is 3. The SMILES string of the molecule is Cc1c(NC(=O)c2ccc(OCC3CC3)cc2)ccc2cc(CNC3CCNC3)cnc12. The highest BCUT2D eigenvalue weighted by molar-refractivity contribution is 6.06. The lowest BCUT2D eigenvalue weighted by atomic mass is 10.1. The quantitative estimate of drug-likeness (QED) is 0.503. The number of rotatable bonds is 8. The number of amides is 1. The van der Waals surface area contributed by atoms with E-state index in [1.165, 1.54) is 24.8 Å². The molecule has 3 aromatic rings. The first-order chi connectivity index (χ1) is 15.7. The van der Waals surface area contributed by atoms with Gasteiger partial charge in [0.15, 0.2) is 0 Å². The van der Waals surface area contributed by atoms with Crippen molar-refractivity contribution in [2.75, 3.05) is 25.0 Å². The van der Waals surface area contributed by atoms with E-state index >= 15 is 0 Å². The maximum atomic E-state index is 12.8. The lowest BCUT2D eigenvalue weighted by Gasteiger charge is -2.13. The van der Waals surface area contributed by atoms with Crippen LogP contribution in [0.4, 0.5) is 5.69 Å². The number of aryl methyl sites for hydroxylation is 1. The summed E-state index contributed by atoms with van der Waals surface area (Å²) < 4.78 is 5.76. The van der Waals surface area contributed by atoms with Gasteiger partial charge in [0.2, 0.25) is 0 Å². The molecule has 6 nitrogen and oxygen atoms in total. The summed E-state index contributed by atoms with van der Waals surface area (Å²) in [6, 6.07) is 14.0. The Kier molecular flexibility index (Phi) is 6.06. The normalized spacial score (nSPS) is 18.1. The van der Waals surface area contributed by atoms with Crippen molar-refractivity contribution < 1.29 is 9.53 Å². The van der Waals surface area contributed by atoms with Crippen LogP contribution in [-0.2, 0) is 6.54 Å². The molecule has 1 aliphatic heterocycles. The van der Waals surface area contributed by atoms with Crippen molar-refractivity contribution in [3.8, 4) is 5.75 Å². The molecule has 1 aliphatic carbocycles. The summed E-state index contributed by atoms with van der Waals surface area (Å²) in [5.74, 6) is 1.39. The first-order valence-corrected chi connectivity index (χ1v) is 11.5. The molecule has 1 saturated heterocycles. The molecule has 6 heteroatoms. The summed E-state index contributed by atoms with van der Waals surface area (Å²) in [6.07, 6.45) is 5.61. The average Bonchev–Trinajstić information content (AvgIpc) is 3.50. The number of nitrogens with zero attached hydrogens (tertiary/aromatic N) is 1. The lowest BCUT2D eigenvalue weighted by molar-refractivity contribution is 0.102. The highest BCUT2D eigenvalue weighted by atomic mass is 16.5. The summed E-state index contributed by atoms with van der Waals surface area (Å²) in [7, 11) is 0. The van der Waals surface area contributed by atoms with Crippen molar-refractivity contribution in [2.45, 2.75) is 38.8 Å². The number of hydrogen-bond acceptors (Lipinski definition) is 5. The maximum Gasteiger partial charge on any atom is 0.255 e. The van der Waals surface area contributed by atoms with E-state index in [2.05, 4.69) is 22.0 Å². The first-order valence-electron chi connectivity index (χ1n) is 11.5. The lowest BCUT2D eigenvalue weighted by Crippen LogP contribution is -2.30. The maximum absolute atomic E-state index is 12.8. The third-order valence-electron chi connectivity index (χ3n) is 6.37. The number of hydrogen-bond donors (Lipinski definition) is 3. The van der Waals surface area contributed by atoms with Crippen molar-refractivity contribution in [2.24, 2.45) is 5.92 Å². The Morgan fingerprint density at radius 1 is 1.16 bits per heavy atom. The van der Waals surface area contributed by atoms with Crippen LogP contribution in [0.25, 0.3) is 10.9 Å². The third kappa shape index (κ3) is 4.92.